The number of anilines is 2. The lowest BCUT2D eigenvalue weighted by Gasteiger charge is -2.10. The van der Waals surface area contributed by atoms with Crippen molar-refractivity contribution < 1.29 is 18.4 Å². The number of furan rings is 1. The number of carbonyl (C=O) groups is 2. The normalized spacial score (nSPS) is 11.1. The van der Waals surface area contributed by atoms with Gasteiger partial charge in [0.25, 0.3) is 0 Å². The molecule has 0 fully saturated rings. The lowest BCUT2D eigenvalue weighted by molar-refractivity contribution is -0.116. The van der Waals surface area contributed by atoms with Crippen molar-refractivity contribution in [2.75, 3.05) is 10.6 Å². The highest BCUT2D eigenvalue weighted by molar-refractivity contribution is 6.07. The predicted octanol–water partition coefficient (Wildman–Crippen LogP) is 4.60. The molecule has 4 rings (SSSR count). The summed E-state index contributed by atoms with van der Waals surface area (Å²) in [6.45, 7) is 7.13. The molecule has 7 heteroatoms. The van der Waals surface area contributed by atoms with E-state index in [2.05, 4.69) is 10.6 Å². The van der Waals surface area contributed by atoms with Crippen molar-refractivity contribution in [3.8, 4) is 0 Å². The van der Waals surface area contributed by atoms with Gasteiger partial charge in [0, 0.05) is 23.7 Å². The lowest BCUT2D eigenvalue weighted by Crippen LogP contribution is -2.20. The molecule has 0 unspecified atom stereocenters. The largest absolute Gasteiger partial charge is 0.463 e. The van der Waals surface area contributed by atoms with Crippen LogP contribution in [0.3, 0.4) is 0 Å². The summed E-state index contributed by atoms with van der Waals surface area (Å²) in [4.78, 5) is 36.4. The fourth-order valence-corrected chi connectivity index (χ4v) is 3.88. The molecule has 0 atom stereocenters. The summed E-state index contributed by atoms with van der Waals surface area (Å²) in [6, 6.07) is 8.55. The average molecular weight is 418 g/mol. The van der Waals surface area contributed by atoms with E-state index in [1.54, 1.807) is 37.5 Å². The second-order valence-corrected chi connectivity index (χ2v) is 7.67. The van der Waals surface area contributed by atoms with Gasteiger partial charge in [0.1, 0.15) is 11.2 Å². The van der Waals surface area contributed by atoms with E-state index in [1.807, 2.05) is 19.9 Å². The van der Waals surface area contributed by atoms with Crippen molar-refractivity contribution in [2.45, 2.75) is 34.1 Å². The Balaban J connectivity index is 1.66. The quantitative estimate of drug-likeness (QED) is 0.472. The smallest absolute Gasteiger partial charge is 0.340 e. The standard InChI is InChI=1S/C24H22N2O5/c1-12-9-19-22(23-21(12)13(2)11-30-23)14(3)18(24(29)31-19)10-20(28)26-17-7-5-16(6-8-17)25-15(4)27/h5-9,11H,10H2,1-4H3,(H,25,27)(H,26,28). The highest BCUT2D eigenvalue weighted by Gasteiger charge is 2.20. The molecule has 0 aliphatic rings. The molecule has 0 aliphatic heterocycles. The Labute approximate surface area is 178 Å². The van der Waals surface area contributed by atoms with Crippen LogP contribution < -0.4 is 16.3 Å². The van der Waals surface area contributed by atoms with Crippen molar-refractivity contribution in [1.82, 2.24) is 0 Å². The SMILES string of the molecule is CC(=O)Nc1ccc(NC(=O)Cc2c(C)c3c(cc(C)c4c(C)coc43)oc2=O)cc1. The number of carbonyl (C=O) groups excluding carboxylic acids is 2. The summed E-state index contributed by atoms with van der Waals surface area (Å²) < 4.78 is 11.3. The van der Waals surface area contributed by atoms with Crippen LogP contribution >= 0.6 is 0 Å². The van der Waals surface area contributed by atoms with Crippen LogP contribution in [0.25, 0.3) is 21.9 Å². The minimum absolute atomic E-state index is 0.132. The van der Waals surface area contributed by atoms with Crippen molar-refractivity contribution in [3.63, 3.8) is 0 Å². The molecule has 0 radical (unpaired) electrons. The van der Waals surface area contributed by atoms with Crippen molar-refractivity contribution >= 4 is 45.1 Å². The molecule has 0 saturated carbocycles. The third-order valence-electron chi connectivity index (χ3n) is 5.29. The number of rotatable bonds is 4. The van der Waals surface area contributed by atoms with Gasteiger partial charge in [-0.15, -0.1) is 0 Å². The number of fused-ring (bicyclic) bond motifs is 3. The Morgan fingerprint density at radius 1 is 0.935 bits per heavy atom. The first kappa shape index (κ1) is 20.4. The lowest BCUT2D eigenvalue weighted by atomic mass is 9.99. The minimum Gasteiger partial charge on any atom is -0.463 e. The van der Waals surface area contributed by atoms with E-state index < -0.39 is 5.63 Å². The maximum absolute atomic E-state index is 12.6. The Morgan fingerprint density at radius 2 is 1.58 bits per heavy atom. The molecule has 4 aromatic rings. The summed E-state index contributed by atoms with van der Waals surface area (Å²) >= 11 is 0. The van der Waals surface area contributed by atoms with Crippen LogP contribution in [0.5, 0.6) is 0 Å². The van der Waals surface area contributed by atoms with Crippen LogP contribution in [-0.4, -0.2) is 11.8 Å². The summed E-state index contributed by atoms with van der Waals surface area (Å²) in [5.74, 6) is -0.521. The van der Waals surface area contributed by atoms with E-state index in [9.17, 15) is 14.4 Å². The van der Waals surface area contributed by atoms with E-state index in [0.29, 0.717) is 39.1 Å². The zero-order chi connectivity index (χ0) is 22.3. The molecule has 2 heterocycles. The summed E-state index contributed by atoms with van der Waals surface area (Å²) in [6.07, 6.45) is 1.55. The third-order valence-corrected chi connectivity index (χ3v) is 5.29. The zero-order valence-corrected chi connectivity index (χ0v) is 17.7. The number of aryl methyl sites for hydroxylation is 3. The molecule has 31 heavy (non-hydrogen) atoms. The highest BCUT2D eigenvalue weighted by Crippen LogP contribution is 2.34. The van der Waals surface area contributed by atoms with Gasteiger partial charge in [0.2, 0.25) is 11.8 Å². The number of nitrogens with one attached hydrogen (secondary N) is 2. The molecule has 2 aromatic carbocycles. The Kier molecular flexibility index (Phi) is 5.10. The maximum Gasteiger partial charge on any atom is 0.340 e. The van der Waals surface area contributed by atoms with E-state index in [0.717, 1.165) is 16.5 Å². The highest BCUT2D eigenvalue weighted by atomic mass is 16.4. The number of benzene rings is 2. The molecular formula is C24H22N2O5. The topological polar surface area (TPSA) is 102 Å². The molecule has 2 amide bonds. The van der Waals surface area contributed by atoms with Gasteiger partial charge in [0.15, 0.2) is 0 Å². The van der Waals surface area contributed by atoms with Gasteiger partial charge in [-0.2, -0.15) is 0 Å². The van der Waals surface area contributed by atoms with Gasteiger partial charge in [0.05, 0.1) is 23.6 Å². The first-order chi connectivity index (χ1) is 14.7. The van der Waals surface area contributed by atoms with Gasteiger partial charge >= 0.3 is 5.63 Å². The molecule has 7 nitrogen and oxygen atoms in total. The third kappa shape index (κ3) is 3.82. The van der Waals surface area contributed by atoms with Crippen LogP contribution in [0, 0.1) is 20.8 Å². The van der Waals surface area contributed by atoms with E-state index in [4.69, 9.17) is 8.83 Å². The molecule has 2 N–H and O–H groups in total. The fourth-order valence-electron chi connectivity index (χ4n) is 3.88. The van der Waals surface area contributed by atoms with Gasteiger partial charge < -0.3 is 19.5 Å². The Hall–Kier alpha value is -3.87. The molecule has 0 bridgehead atoms. The summed E-state index contributed by atoms with van der Waals surface area (Å²) in [5.41, 5.74) is 4.67. The molecule has 158 valence electrons. The van der Waals surface area contributed by atoms with Crippen LogP contribution in [0.2, 0.25) is 0 Å². The number of amides is 2. The molecular weight excluding hydrogens is 396 g/mol. The number of hydrogen-bond donors (Lipinski definition) is 2. The van der Waals surface area contributed by atoms with Crippen LogP contribution in [0.4, 0.5) is 11.4 Å². The summed E-state index contributed by atoms with van der Waals surface area (Å²) in [7, 11) is 0. The minimum atomic E-state index is -0.539. The monoisotopic (exact) mass is 418 g/mol. The van der Waals surface area contributed by atoms with Crippen molar-refractivity contribution in [2.24, 2.45) is 0 Å². The molecule has 0 aliphatic carbocycles. The van der Waals surface area contributed by atoms with Crippen LogP contribution in [0.1, 0.15) is 29.2 Å². The first-order valence-electron chi connectivity index (χ1n) is 9.85. The van der Waals surface area contributed by atoms with Gasteiger partial charge in [-0.05, 0) is 67.8 Å². The maximum atomic E-state index is 12.6. The van der Waals surface area contributed by atoms with Gasteiger partial charge in [-0.25, -0.2) is 4.79 Å². The van der Waals surface area contributed by atoms with Crippen LogP contribution in [-0.2, 0) is 16.0 Å². The van der Waals surface area contributed by atoms with E-state index in [-0.39, 0.29) is 18.2 Å². The molecule has 0 spiro atoms. The second-order valence-electron chi connectivity index (χ2n) is 7.67. The molecule has 2 aromatic heterocycles. The van der Waals surface area contributed by atoms with Crippen LogP contribution in [0.15, 0.2) is 50.2 Å². The Morgan fingerprint density at radius 3 is 2.23 bits per heavy atom. The van der Waals surface area contributed by atoms with Gasteiger partial charge in [-0.1, -0.05) is 0 Å². The Bertz CT molecular complexity index is 1390. The van der Waals surface area contributed by atoms with Gasteiger partial charge in [-0.3, -0.25) is 9.59 Å². The average Bonchev–Trinajstić information content (AvgIpc) is 3.08. The first-order valence-corrected chi connectivity index (χ1v) is 9.85. The van der Waals surface area contributed by atoms with Crippen molar-refractivity contribution in [3.05, 3.63) is 69.3 Å². The predicted molar refractivity (Wildman–Crippen MR) is 120 cm³/mol. The number of hydrogen-bond acceptors (Lipinski definition) is 5. The fraction of sp³-hybridized carbons (Fsp3) is 0.208. The summed E-state index contributed by atoms with van der Waals surface area (Å²) in [5, 5.41) is 7.12. The zero-order valence-electron chi connectivity index (χ0n) is 17.7. The van der Waals surface area contributed by atoms with Crippen molar-refractivity contribution in [1.29, 1.82) is 0 Å². The second kappa shape index (κ2) is 7.75. The van der Waals surface area contributed by atoms with E-state index in [1.165, 1.54) is 6.92 Å². The van der Waals surface area contributed by atoms with E-state index >= 15 is 0 Å². The molecule has 0 saturated heterocycles.